The van der Waals surface area contributed by atoms with Gasteiger partial charge in [-0.05, 0) is 57.2 Å². The number of likely N-dealkylation sites (N-methyl/N-ethyl adjacent to an activating group) is 1. The predicted molar refractivity (Wildman–Crippen MR) is 101 cm³/mol. The number of carbonyl (C=O) groups is 2. The molecule has 1 aromatic carbocycles. The summed E-state index contributed by atoms with van der Waals surface area (Å²) >= 11 is 0. The Bertz CT molecular complexity index is 566. The molecule has 1 fully saturated rings. The Morgan fingerprint density at radius 3 is 2.60 bits per heavy atom. The lowest BCUT2D eigenvalue weighted by Crippen LogP contribution is -2.35. The van der Waals surface area contributed by atoms with Crippen molar-refractivity contribution in [1.29, 1.82) is 0 Å². The van der Waals surface area contributed by atoms with Crippen molar-refractivity contribution < 1.29 is 9.59 Å². The Morgan fingerprint density at radius 1 is 1.20 bits per heavy atom. The van der Waals surface area contributed by atoms with Crippen molar-refractivity contribution in [3.63, 3.8) is 0 Å². The van der Waals surface area contributed by atoms with Crippen LogP contribution in [0.4, 0.5) is 5.69 Å². The molecule has 2 amide bonds. The van der Waals surface area contributed by atoms with Crippen LogP contribution in [0.15, 0.2) is 24.3 Å². The quantitative estimate of drug-likeness (QED) is 0.670. The number of hydrogen-bond donors (Lipinski definition) is 3. The molecule has 3 N–H and O–H groups in total. The van der Waals surface area contributed by atoms with E-state index in [2.05, 4.69) is 34.7 Å². The molecule has 1 aromatic rings. The van der Waals surface area contributed by atoms with E-state index in [9.17, 15) is 9.59 Å². The van der Waals surface area contributed by atoms with Crippen molar-refractivity contribution in [2.75, 3.05) is 44.6 Å². The highest BCUT2D eigenvalue weighted by Crippen LogP contribution is 2.16. The smallest absolute Gasteiger partial charge is 0.251 e. The van der Waals surface area contributed by atoms with Crippen LogP contribution in [-0.4, -0.2) is 56.0 Å². The maximum Gasteiger partial charge on any atom is 0.251 e. The van der Waals surface area contributed by atoms with Crippen LogP contribution in [0.25, 0.3) is 0 Å². The number of nitrogens with one attached hydrogen (secondary N) is 3. The van der Waals surface area contributed by atoms with Crippen LogP contribution in [0.5, 0.6) is 0 Å². The number of anilines is 1. The minimum atomic E-state index is -0.106. The monoisotopic (exact) mass is 346 g/mol. The summed E-state index contributed by atoms with van der Waals surface area (Å²) in [7, 11) is 0. The fraction of sp³-hybridized carbons (Fsp3) is 0.579. The summed E-state index contributed by atoms with van der Waals surface area (Å²) in [6.07, 6.45) is 1.72. The first kappa shape index (κ1) is 19.4. The van der Waals surface area contributed by atoms with Gasteiger partial charge in [0.1, 0.15) is 0 Å². The van der Waals surface area contributed by atoms with E-state index in [1.54, 1.807) is 18.2 Å². The van der Waals surface area contributed by atoms with Crippen LogP contribution >= 0.6 is 0 Å². The molecule has 0 aliphatic carbocycles. The zero-order valence-electron chi connectivity index (χ0n) is 15.3. The number of carbonyl (C=O) groups excluding carboxylic acids is 2. The van der Waals surface area contributed by atoms with E-state index in [0.29, 0.717) is 17.8 Å². The molecule has 0 spiro atoms. The lowest BCUT2D eigenvalue weighted by atomic mass is 9.97. The third kappa shape index (κ3) is 6.14. The molecule has 25 heavy (non-hydrogen) atoms. The van der Waals surface area contributed by atoms with Gasteiger partial charge in [-0.1, -0.05) is 19.9 Å². The number of benzene rings is 1. The van der Waals surface area contributed by atoms with Gasteiger partial charge < -0.3 is 20.9 Å². The van der Waals surface area contributed by atoms with Crippen LogP contribution in [0.1, 0.15) is 37.0 Å². The summed E-state index contributed by atoms with van der Waals surface area (Å²) in [4.78, 5) is 26.9. The van der Waals surface area contributed by atoms with E-state index >= 15 is 0 Å². The molecule has 6 nitrogen and oxygen atoms in total. The number of nitrogens with zero attached hydrogens (tertiary/aromatic N) is 1. The standard InChI is InChI=1S/C19H30N4O2/c1-3-23(4-2)13-12-21-18(24)16-6-5-7-17(14-16)22-19(25)15-8-10-20-11-9-15/h5-7,14-15,20H,3-4,8-13H2,1-2H3,(H,21,24)(H,22,25). The highest BCUT2D eigenvalue weighted by atomic mass is 16.2. The number of hydrogen-bond acceptors (Lipinski definition) is 4. The van der Waals surface area contributed by atoms with Crippen molar-refractivity contribution in [2.45, 2.75) is 26.7 Å². The lowest BCUT2D eigenvalue weighted by molar-refractivity contribution is -0.120. The number of piperidine rings is 1. The molecule has 1 heterocycles. The second-order valence-corrected chi connectivity index (χ2v) is 6.38. The van der Waals surface area contributed by atoms with Gasteiger partial charge in [-0.3, -0.25) is 9.59 Å². The average Bonchev–Trinajstić information content (AvgIpc) is 2.66. The van der Waals surface area contributed by atoms with Crippen LogP contribution in [0.3, 0.4) is 0 Å². The SMILES string of the molecule is CCN(CC)CCNC(=O)c1cccc(NC(=O)C2CCNCC2)c1. The van der Waals surface area contributed by atoms with E-state index in [1.807, 2.05) is 6.07 Å². The normalized spacial score (nSPS) is 15.2. The zero-order valence-corrected chi connectivity index (χ0v) is 15.3. The summed E-state index contributed by atoms with van der Waals surface area (Å²) in [6, 6.07) is 7.14. The van der Waals surface area contributed by atoms with E-state index in [-0.39, 0.29) is 17.7 Å². The molecule has 1 aliphatic heterocycles. The summed E-state index contributed by atoms with van der Waals surface area (Å²) in [6.45, 7) is 9.39. The van der Waals surface area contributed by atoms with E-state index in [0.717, 1.165) is 45.6 Å². The third-order valence-corrected chi connectivity index (χ3v) is 4.71. The zero-order chi connectivity index (χ0) is 18.1. The lowest BCUT2D eigenvalue weighted by Gasteiger charge is -2.21. The summed E-state index contributed by atoms with van der Waals surface area (Å²) in [5.74, 6) is -0.0153. The predicted octanol–water partition coefficient (Wildman–Crippen LogP) is 1.70. The van der Waals surface area contributed by atoms with Gasteiger partial charge in [-0.15, -0.1) is 0 Å². The van der Waals surface area contributed by atoms with Crippen molar-refractivity contribution in [2.24, 2.45) is 5.92 Å². The summed E-state index contributed by atoms with van der Waals surface area (Å²) < 4.78 is 0. The third-order valence-electron chi connectivity index (χ3n) is 4.71. The fourth-order valence-electron chi connectivity index (χ4n) is 3.04. The average molecular weight is 346 g/mol. The summed E-state index contributed by atoms with van der Waals surface area (Å²) in [5, 5.41) is 9.14. The largest absolute Gasteiger partial charge is 0.351 e. The molecule has 0 saturated carbocycles. The van der Waals surface area contributed by atoms with Crippen molar-refractivity contribution >= 4 is 17.5 Å². The second-order valence-electron chi connectivity index (χ2n) is 6.38. The van der Waals surface area contributed by atoms with Gasteiger partial charge >= 0.3 is 0 Å². The molecule has 1 aliphatic rings. The fourth-order valence-corrected chi connectivity index (χ4v) is 3.04. The minimum absolute atomic E-state index is 0.0422. The van der Waals surface area contributed by atoms with Gasteiger partial charge in [0.05, 0.1) is 0 Å². The van der Waals surface area contributed by atoms with Gasteiger partial charge in [-0.2, -0.15) is 0 Å². The Kier molecular flexibility index (Phi) is 7.88. The molecule has 0 unspecified atom stereocenters. The molecule has 0 aromatic heterocycles. The minimum Gasteiger partial charge on any atom is -0.351 e. The Hall–Kier alpha value is -1.92. The van der Waals surface area contributed by atoms with E-state index in [4.69, 9.17) is 0 Å². The molecule has 6 heteroatoms. The van der Waals surface area contributed by atoms with Gasteiger partial charge in [-0.25, -0.2) is 0 Å². The molecular weight excluding hydrogens is 316 g/mol. The van der Waals surface area contributed by atoms with Gasteiger partial charge in [0.15, 0.2) is 0 Å². The topological polar surface area (TPSA) is 73.5 Å². The number of rotatable bonds is 8. The summed E-state index contributed by atoms with van der Waals surface area (Å²) in [5.41, 5.74) is 1.25. The van der Waals surface area contributed by atoms with Crippen molar-refractivity contribution in [3.05, 3.63) is 29.8 Å². The molecule has 0 atom stereocenters. The highest BCUT2D eigenvalue weighted by Gasteiger charge is 2.21. The molecule has 2 rings (SSSR count). The molecule has 138 valence electrons. The van der Waals surface area contributed by atoms with Crippen molar-refractivity contribution in [3.8, 4) is 0 Å². The molecule has 0 radical (unpaired) electrons. The molecule has 0 bridgehead atoms. The van der Waals surface area contributed by atoms with Crippen LogP contribution in [0, 0.1) is 5.92 Å². The first-order valence-electron chi connectivity index (χ1n) is 9.26. The molecular formula is C19H30N4O2. The Balaban J connectivity index is 1.87. The van der Waals surface area contributed by atoms with Gasteiger partial charge in [0.2, 0.25) is 5.91 Å². The van der Waals surface area contributed by atoms with Crippen LogP contribution in [-0.2, 0) is 4.79 Å². The van der Waals surface area contributed by atoms with Crippen molar-refractivity contribution in [1.82, 2.24) is 15.5 Å². The second kappa shape index (κ2) is 10.2. The maximum absolute atomic E-state index is 12.3. The first-order valence-corrected chi connectivity index (χ1v) is 9.26. The van der Waals surface area contributed by atoms with E-state index in [1.165, 1.54) is 0 Å². The highest BCUT2D eigenvalue weighted by molar-refractivity contribution is 5.97. The van der Waals surface area contributed by atoms with E-state index < -0.39 is 0 Å². The van der Waals surface area contributed by atoms with Crippen LogP contribution < -0.4 is 16.0 Å². The number of amides is 2. The maximum atomic E-state index is 12.3. The Labute approximate surface area is 150 Å². The van der Waals surface area contributed by atoms with Gasteiger partial charge in [0.25, 0.3) is 5.91 Å². The van der Waals surface area contributed by atoms with Crippen LogP contribution in [0.2, 0.25) is 0 Å². The Morgan fingerprint density at radius 2 is 1.92 bits per heavy atom. The van der Waals surface area contributed by atoms with Gasteiger partial charge in [0, 0.05) is 30.3 Å². The first-order chi connectivity index (χ1) is 12.1. The molecule has 1 saturated heterocycles.